The van der Waals surface area contributed by atoms with Crippen molar-refractivity contribution in [3.8, 4) is 34.7 Å². The number of anilines is 1. The number of methoxy groups -OCH3 is 1. The van der Waals surface area contributed by atoms with Crippen LogP contribution in [-0.4, -0.2) is 33.7 Å². The highest BCUT2D eigenvalue weighted by atomic mass is 32.2. The van der Waals surface area contributed by atoms with Gasteiger partial charge in [-0.3, -0.25) is 4.79 Å². The van der Waals surface area contributed by atoms with E-state index in [1.807, 2.05) is 6.07 Å². The Bertz CT molecular complexity index is 1740. The SMILES string of the molecule is COc1cc(C#N)ccc1Oc1nnc(-c2ccc(C(F)F)cc2)c(C)c1C(=O)Nc1cccc(S(C)(=N)=O)c1. The number of ether oxygens (including phenoxy) is 2. The number of hydrogen-bond donors (Lipinski definition) is 2. The Morgan fingerprint density at radius 3 is 2.42 bits per heavy atom. The number of carbonyl (C=O) groups is 1. The Morgan fingerprint density at radius 1 is 1.07 bits per heavy atom. The van der Waals surface area contributed by atoms with Crippen LogP contribution in [0.5, 0.6) is 17.4 Å². The minimum absolute atomic E-state index is 0.0112. The molecule has 1 amide bonds. The Kier molecular flexibility index (Phi) is 8.06. The highest BCUT2D eigenvalue weighted by molar-refractivity contribution is 7.91. The maximum atomic E-state index is 13.6. The lowest BCUT2D eigenvalue weighted by molar-refractivity contribution is 0.102. The van der Waals surface area contributed by atoms with E-state index in [0.29, 0.717) is 16.7 Å². The fourth-order valence-corrected chi connectivity index (χ4v) is 4.52. The lowest BCUT2D eigenvalue weighted by Gasteiger charge is -2.16. The molecule has 0 saturated carbocycles. The van der Waals surface area contributed by atoms with Gasteiger partial charge in [-0.1, -0.05) is 30.3 Å². The highest BCUT2D eigenvalue weighted by Gasteiger charge is 2.24. The van der Waals surface area contributed by atoms with Crippen molar-refractivity contribution < 1.29 is 27.3 Å². The standard InChI is InChI=1S/C28H23F2N5O4S/c1-16-24(27(36)33-20-5-4-6-21(14-20)40(3,32)37)28(39-22-12-7-17(15-31)13-23(22)38-2)35-34-25(16)18-8-10-19(11-9-18)26(29)30/h4-14,26,32H,1-3H3,(H,33,36). The van der Waals surface area contributed by atoms with Gasteiger partial charge in [-0.2, -0.15) is 5.26 Å². The zero-order chi connectivity index (χ0) is 29.0. The molecular formula is C28H23F2N5O4S. The number of hydrogen-bond acceptors (Lipinski definition) is 8. The maximum Gasteiger partial charge on any atom is 0.263 e. The molecule has 3 aromatic carbocycles. The van der Waals surface area contributed by atoms with Crippen molar-refractivity contribution in [3.63, 3.8) is 0 Å². The first-order valence-corrected chi connectivity index (χ1v) is 13.7. The van der Waals surface area contributed by atoms with Crippen molar-refractivity contribution in [3.05, 3.63) is 89.0 Å². The van der Waals surface area contributed by atoms with Gasteiger partial charge in [0, 0.05) is 34.0 Å². The van der Waals surface area contributed by atoms with Gasteiger partial charge in [0.2, 0.25) is 0 Å². The summed E-state index contributed by atoms with van der Waals surface area (Å²) in [6, 6.07) is 18.0. The molecule has 204 valence electrons. The summed E-state index contributed by atoms with van der Waals surface area (Å²) in [6.07, 6.45) is -1.37. The van der Waals surface area contributed by atoms with Crippen molar-refractivity contribution >= 4 is 21.3 Å². The Hall–Kier alpha value is -4.89. The third-order valence-electron chi connectivity index (χ3n) is 5.89. The molecule has 0 fully saturated rings. The van der Waals surface area contributed by atoms with Crippen LogP contribution in [0.4, 0.5) is 14.5 Å². The number of rotatable bonds is 8. The van der Waals surface area contributed by atoms with Crippen LogP contribution in [-0.2, 0) is 9.73 Å². The van der Waals surface area contributed by atoms with Gasteiger partial charge in [0.15, 0.2) is 11.5 Å². The van der Waals surface area contributed by atoms with E-state index in [1.165, 1.54) is 68.0 Å². The fraction of sp³-hybridized carbons (Fsp3) is 0.143. The van der Waals surface area contributed by atoms with Gasteiger partial charge in [0.25, 0.3) is 18.2 Å². The average molecular weight is 564 g/mol. The molecule has 4 aromatic rings. The smallest absolute Gasteiger partial charge is 0.263 e. The van der Waals surface area contributed by atoms with Gasteiger partial charge < -0.3 is 14.8 Å². The molecule has 0 radical (unpaired) electrons. The van der Waals surface area contributed by atoms with E-state index in [2.05, 4.69) is 15.5 Å². The number of carbonyl (C=O) groups excluding carboxylic acids is 1. The van der Waals surface area contributed by atoms with Crippen LogP contribution in [0.25, 0.3) is 11.3 Å². The number of benzene rings is 3. The number of nitriles is 1. The molecule has 1 heterocycles. The molecule has 0 aliphatic carbocycles. The van der Waals surface area contributed by atoms with Crippen LogP contribution >= 0.6 is 0 Å². The van der Waals surface area contributed by atoms with Crippen molar-refractivity contribution in [1.82, 2.24) is 10.2 Å². The molecule has 9 nitrogen and oxygen atoms in total. The molecule has 0 bridgehead atoms. The molecule has 40 heavy (non-hydrogen) atoms. The molecule has 2 N–H and O–H groups in total. The van der Waals surface area contributed by atoms with Gasteiger partial charge in [-0.15, -0.1) is 10.2 Å². The van der Waals surface area contributed by atoms with Crippen LogP contribution < -0.4 is 14.8 Å². The highest BCUT2D eigenvalue weighted by Crippen LogP contribution is 2.36. The van der Waals surface area contributed by atoms with Crippen LogP contribution in [0.15, 0.2) is 71.6 Å². The fourth-order valence-electron chi connectivity index (χ4n) is 3.83. The summed E-state index contributed by atoms with van der Waals surface area (Å²) in [4.78, 5) is 13.9. The minimum atomic E-state index is -3.04. The lowest BCUT2D eigenvalue weighted by Crippen LogP contribution is -2.17. The van der Waals surface area contributed by atoms with Crippen LogP contribution in [0.1, 0.15) is 33.5 Å². The van der Waals surface area contributed by atoms with Gasteiger partial charge in [0.05, 0.1) is 34.2 Å². The number of amides is 1. The van der Waals surface area contributed by atoms with E-state index in [9.17, 15) is 23.0 Å². The number of nitrogens with one attached hydrogen (secondary N) is 2. The quantitative estimate of drug-likeness (QED) is 0.255. The second-order valence-corrected chi connectivity index (χ2v) is 10.8. The van der Waals surface area contributed by atoms with Crippen molar-refractivity contribution in [2.75, 3.05) is 18.7 Å². The number of halogens is 2. The van der Waals surface area contributed by atoms with Crippen molar-refractivity contribution in [1.29, 1.82) is 10.0 Å². The molecule has 1 unspecified atom stereocenters. The summed E-state index contributed by atoms with van der Waals surface area (Å²) in [6.45, 7) is 1.61. The molecule has 0 saturated heterocycles. The number of nitrogens with zero attached hydrogens (tertiary/aromatic N) is 3. The van der Waals surface area contributed by atoms with Gasteiger partial charge in [0.1, 0.15) is 5.56 Å². The predicted octanol–water partition coefficient (Wildman–Crippen LogP) is 6.35. The normalized spacial score (nSPS) is 12.3. The van der Waals surface area contributed by atoms with E-state index in [-0.39, 0.29) is 44.8 Å². The Balaban J connectivity index is 1.81. The molecule has 12 heteroatoms. The van der Waals surface area contributed by atoms with Crippen LogP contribution in [0.3, 0.4) is 0 Å². The van der Waals surface area contributed by atoms with Gasteiger partial charge >= 0.3 is 0 Å². The van der Waals surface area contributed by atoms with Crippen LogP contribution in [0, 0.1) is 23.0 Å². The Morgan fingerprint density at radius 2 is 1.80 bits per heavy atom. The summed E-state index contributed by atoms with van der Waals surface area (Å²) >= 11 is 0. The summed E-state index contributed by atoms with van der Waals surface area (Å²) in [5.74, 6) is -0.440. The predicted molar refractivity (Wildman–Crippen MR) is 144 cm³/mol. The second-order valence-electron chi connectivity index (χ2n) is 8.68. The molecule has 0 spiro atoms. The van der Waals surface area contributed by atoms with E-state index >= 15 is 0 Å². The average Bonchev–Trinajstić information content (AvgIpc) is 2.93. The van der Waals surface area contributed by atoms with E-state index in [4.69, 9.17) is 14.3 Å². The third-order valence-corrected chi connectivity index (χ3v) is 7.04. The second kappa shape index (κ2) is 11.5. The first kappa shape index (κ1) is 28.1. The summed E-state index contributed by atoms with van der Waals surface area (Å²) in [5.41, 5.74) is 1.49. The van der Waals surface area contributed by atoms with E-state index in [1.54, 1.807) is 19.1 Å². The van der Waals surface area contributed by atoms with Gasteiger partial charge in [-0.05, 0) is 42.8 Å². The topological polar surface area (TPSA) is 138 Å². The zero-order valence-electron chi connectivity index (χ0n) is 21.6. The van der Waals surface area contributed by atoms with E-state index in [0.717, 1.165) is 0 Å². The van der Waals surface area contributed by atoms with Crippen LogP contribution in [0.2, 0.25) is 0 Å². The summed E-state index contributed by atoms with van der Waals surface area (Å²) in [7, 11) is -1.64. The summed E-state index contributed by atoms with van der Waals surface area (Å²) in [5, 5.41) is 20.2. The molecule has 1 aromatic heterocycles. The van der Waals surface area contributed by atoms with Crippen molar-refractivity contribution in [2.24, 2.45) is 0 Å². The third kappa shape index (κ3) is 6.05. The number of aromatic nitrogens is 2. The van der Waals surface area contributed by atoms with Gasteiger partial charge in [-0.25, -0.2) is 17.8 Å². The molecule has 0 aliphatic heterocycles. The van der Waals surface area contributed by atoms with E-state index < -0.39 is 22.1 Å². The largest absolute Gasteiger partial charge is 0.493 e. The minimum Gasteiger partial charge on any atom is -0.493 e. The molecule has 0 aliphatic rings. The monoisotopic (exact) mass is 563 g/mol. The first-order chi connectivity index (χ1) is 19.0. The first-order valence-electron chi connectivity index (χ1n) is 11.7. The van der Waals surface area contributed by atoms with Crippen molar-refractivity contribution in [2.45, 2.75) is 18.2 Å². The zero-order valence-corrected chi connectivity index (χ0v) is 22.4. The summed E-state index contributed by atoms with van der Waals surface area (Å²) < 4.78 is 57.5. The lowest BCUT2D eigenvalue weighted by atomic mass is 10.0. The molecule has 4 rings (SSSR count). The maximum absolute atomic E-state index is 13.6. The number of alkyl halides is 2. The molecular weight excluding hydrogens is 540 g/mol. The Labute approximate surface area is 229 Å². The molecule has 1 atom stereocenters.